The van der Waals surface area contributed by atoms with Crippen LogP contribution in [0.15, 0.2) is 41.8 Å². The van der Waals surface area contributed by atoms with E-state index in [4.69, 9.17) is 5.14 Å². The predicted octanol–water partition coefficient (Wildman–Crippen LogP) is 0.149. The molecule has 1 aromatic heterocycles. The number of hydrogen-bond acceptors (Lipinski definition) is 5. The van der Waals surface area contributed by atoms with Gasteiger partial charge in [0.2, 0.25) is 10.0 Å². The maximum atomic E-state index is 12.3. The topological polar surface area (TPSA) is 111 Å². The molecule has 8 nitrogen and oxygen atoms in total. The third kappa shape index (κ3) is 3.26. The summed E-state index contributed by atoms with van der Waals surface area (Å²) in [6, 6.07) is 5.23. The van der Waals surface area contributed by atoms with Gasteiger partial charge in [-0.2, -0.15) is 5.10 Å². The Morgan fingerprint density at radius 2 is 1.95 bits per heavy atom. The predicted molar refractivity (Wildman–Crippen MR) is 76.0 cm³/mol. The van der Waals surface area contributed by atoms with Gasteiger partial charge in [0.05, 0.1) is 4.90 Å². The van der Waals surface area contributed by atoms with Crippen LogP contribution in [0.1, 0.15) is 13.0 Å². The van der Waals surface area contributed by atoms with E-state index in [0.717, 1.165) is 0 Å². The number of benzene rings is 1. The van der Waals surface area contributed by atoms with Crippen molar-refractivity contribution in [3.8, 4) is 0 Å². The number of rotatable bonds is 4. The number of nitrogens with zero attached hydrogens (tertiary/aromatic N) is 4. The highest BCUT2D eigenvalue weighted by Gasteiger charge is 2.21. The fourth-order valence-electron chi connectivity index (χ4n) is 1.80. The van der Waals surface area contributed by atoms with E-state index in [0.29, 0.717) is 5.69 Å². The Labute approximate surface area is 122 Å². The lowest BCUT2D eigenvalue weighted by molar-refractivity contribution is -0.121. The molecule has 0 fully saturated rings. The van der Waals surface area contributed by atoms with E-state index in [9.17, 15) is 13.2 Å². The number of likely N-dealkylation sites (N-methyl/N-ethyl adjacent to an activating group) is 1. The van der Waals surface area contributed by atoms with Crippen LogP contribution < -0.4 is 10.0 Å². The first-order valence-electron chi connectivity index (χ1n) is 6.05. The number of carbonyl (C=O) groups is 1. The van der Waals surface area contributed by atoms with Gasteiger partial charge in [-0.3, -0.25) is 4.79 Å². The van der Waals surface area contributed by atoms with Crippen LogP contribution in [-0.2, 0) is 14.8 Å². The molecule has 1 amide bonds. The molecule has 9 heteroatoms. The maximum absolute atomic E-state index is 12.3. The maximum Gasteiger partial charge on any atom is 0.251 e. The van der Waals surface area contributed by atoms with Crippen molar-refractivity contribution in [3.05, 3.63) is 36.9 Å². The first-order valence-corrected chi connectivity index (χ1v) is 7.60. The quantitative estimate of drug-likeness (QED) is 0.864. The Hall–Kier alpha value is -2.26. The highest BCUT2D eigenvalue weighted by molar-refractivity contribution is 7.89. The summed E-state index contributed by atoms with van der Waals surface area (Å²) in [7, 11) is -2.14. The molecule has 2 rings (SSSR count). The standard InChI is InChI=1S/C12H15N5O3S/c1-9(17-8-14-7-15-17)12(18)16(2)10-3-5-11(6-4-10)21(13,19)20/h3-9H,1-2H3,(H2,13,19,20). The third-order valence-corrected chi connectivity index (χ3v) is 4.00. The minimum atomic E-state index is -3.74. The molecule has 0 radical (unpaired) electrons. The molecule has 0 spiro atoms. The summed E-state index contributed by atoms with van der Waals surface area (Å²) in [5, 5.41) is 8.95. The summed E-state index contributed by atoms with van der Waals surface area (Å²) in [5.41, 5.74) is 0.555. The monoisotopic (exact) mass is 309 g/mol. The van der Waals surface area contributed by atoms with E-state index in [1.165, 1.54) is 46.5 Å². The molecule has 0 saturated heterocycles. The lowest BCUT2D eigenvalue weighted by atomic mass is 10.2. The van der Waals surface area contributed by atoms with Crippen molar-refractivity contribution >= 4 is 21.6 Å². The lowest BCUT2D eigenvalue weighted by Crippen LogP contribution is -2.33. The smallest absolute Gasteiger partial charge is 0.251 e. The number of sulfonamides is 1. The Kier molecular flexibility index (Phi) is 4.05. The Morgan fingerprint density at radius 1 is 1.33 bits per heavy atom. The van der Waals surface area contributed by atoms with Crippen molar-refractivity contribution in [1.29, 1.82) is 0 Å². The number of nitrogens with two attached hydrogens (primary N) is 1. The molecule has 2 N–H and O–H groups in total. The van der Waals surface area contributed by atoms with E-state index in [-0.39, 0.29) is 10.8 Å². The summed E-state index contributed by atoms with van der Waals surface area (Å²) in [6.07, 6.45) is 2.81. The highest BCUT2D eigenvalue weighted by Crippen LogP contribution is 2.19. The van der Waals surface area contributed by atoms with Crippen LogP contribution in [0.5, 0.6) is 0 Å². The van der Waals surface area contributed by atoms with Gasteiger partial charge in [-0.15, -0.1) is 0 Å². The number of primary sulfonamides is 1. The first kappa shape index (κ1) is 15.1. The molecule has 0 saturated carbocycles. The molecule has 0 aliphatic rings. The Morgan fingerprint density at radius 3 is 2.43 bits per heavy atom. The van der Waals surface area contributed by atoms with Gasteiger partial charge in [0.15, 0.2) is 0 Å². The summed E-state index contributed by atoms with van der Waals surface area (Å²) in [5.74, 6) is -0.205. The van der Waals surface area contributed by atoms with Gasteiger partial charge < -0.3 is 4.90 Å². The zero-order valence-electron chi connectivity index (χ0n) is 11.5. The normalized spacial score (nSPS) is 12.9. The Balaban J connectivity index is 2.20. The van der Waals surface area contributed by atoms with Crippen LogP contribution in [0.4, 0.5) is 5.69 Å². The van der Waals surface area contributed by atoms with E-state index in [1.807, 2.05) is 0 Å². The average molecular weight is 309 g/mol. The molecule has 2 aromatic rings. The van der Waals surface area contributed by atoms with Crippen LogP contribution in [0.2, 0.25) is 0 Å². The second-order valence-electron chi connectivity index (χ2n) is 4.49. The minimum absolute atomic E-state index is 0.00331. The van der Waals surface area contributed by atoms with Crippen LogP contribution in [0, 0.1) is 0 Å². The Bertz CT molecular complexity index is 725. The third-order valence-electron chi connectivity index (χ3n) is 3.07. The number of amides is 1. The van der Waals surface area contributed by atoms with Gasteiger partial charge in [0.25, 0.3) is 5.91 Å². The number of aromatic nitrogens is 3. The van der Waals surface area contributed by atoms with Gasteiger partial charge >= 0.3 is 0 Å². The highest BCUT2D eigenvalue weighted by atomic mass is 32.2. The van der Waals surface area contributed by atoms with Crippen molar-refractivity contribution in [2.24, 2.45) is 5.14 Å². The molecular weight excluding hydrogens is 294 g/mol. The summed E-state index contributed by atoms with van der Waals surface area (Å²) >= 11 is 0. The molecule has 0 bridgehead atoms. The molecule has 1 atom stereocenters. The van der Waals surface area contributed by atoms with Gasteiger partial charge in [-0.25, -0.2) is 23.2 Å². The lowest BCUT2D eigenvalue weighted by Gasteiger charge is -2.21. The van der Waals surface area contributed by atoms with Gasteiger partial charge in [0.1, 0.15) is 18.7 Å². The second kappa shape index (κ2) is 5.62. The van der Waals surface area contributed by atoms with Crippen LogP contribution in [0.3, 0.4) is 0 Å². The minimum Gasteiger partial charge on any atom is -0.314 e. The molecule has 1 unspecified atom stereocenters. The molecule has 112 valence electrons. The zero-order valence-corrected chi connectivity index (χ0v) is 12.4. The number of carbonyl (C=O) groups excluding carboxylic acids is 1. The van der Waals surface area contributed by atoms with Gasteiger partial charge in [-0.05, 0) is 31.2 Å². The summed E-state index contributed by atoms with van der Waals surface area (Å²) in [4.78, 5) is 17.5. The second-order valence-corrected chi connectivity index (χ2v) is 6.05. The van der Waals surface area contributed by atoms with Gasteiger partial charge in [-0.1, -0.05) is 0 Å². The van der Waals surface area contributed by atoms with E-state index >= 15 is 0 Å². The van der Waals surface area contributed by atoms with Crippen molar-refractivity contribution in [1.82, 2.24) is 14.8 Å². The van der Waals surface area contributed by atoms with Crippen molar-refractivity contribution in [2.75, 3.05) is 11.9 Å². The van der Waals surface area contributed by atoms with Crippen LogP contribution in [-0.4, -0.2) is 36.1 Å². The molecule has 21 heavy (non-hydrogen) atoms. The average Bonchev–Trinajstić information content (AvgIpc) is 2.98. The van der Waals surface area contributed by atoms with Gasteiger partial charge in [0, 0.05) is 12.7 Å². The number of anilines is 1. The zero-order chi connectivity index (χ0) is 15.6. The van der Waals surface area contributed by atoms with Crippen LogP contribution in [0.25, 0.3) is 0 Å². The molecular formula is C12H15N5O3S. The molecule has 1 heterocycles. The molecule has 1 aromatic carbocycles. The van der Waals surface area contributed by atoms with Crippen molar-refractivity contribution in [2.45, 2.75) is 17.9 Å². The fourth-order valence-corrected chi connectivity index (χ4v) is 2.31. The van der Waals surface area contributed by atoms with Crippen molar-refractivity contribution < 1.29 is 13.2 Å². The fraction of sp³-hybridized carbons (Fsp3) is 0.250. The van der Waals surface area contributed by atoms with Crippen LogP contribution >= 0.6 is 0 Å². The largest absolute Gasteiger partial charge is 0.314 e. The molecule has 0 aliphatic carbocycles. The first-order chi connectivity index (χ1) is 9.80. The summed E-state index contributed by atoms with van der Waals surface area (Å²) < 4.78 is 23.8. The van der Waals surface area contributed by atoms with E-state index in [1.54, 1.807) is 14.0 Å². The SMILES string of the molecule is CC(C(=O)N(C)c1ccc(S(N)(=O)=O)cc1)n1cncn1. The summed E-state index contributed by atoms with van der Waals surface area (Å²) in [6.45, 7) is 1.70. The molecule has 0 aliphatic heterocycles. The number of hydrogen-bond donors (Lipinski definition) is 1. The van der Waals surface area contributed by atoms with Crippen molar-refractivity contribution in [3.63, 3.8) is 0 Å². The van der Waals surface area contributed by atoms with E-state index < -0.39 is 16.1 Å². The van der Waals surface area contributed by atoms with E-state index in [2.05, 4.69) is 10.1 Å².